The smallest absolute Gasteiger partial charge is 0.348 e. The van der Waals surface area contributed by atoms with Crippen LogP contribution in [-0.2, 0) is 30.5 Å². The van der Waals surface area contributed by atoms with Gasteiger partial charge >= 0.3 is 6.18 Å². The van der Waals surface area contributed by atoms with Crippen molar-refractivity contribution in [2.75, 3.05) is 5.75 Å². The Balaban J connectivity index is 1.77. The zero-order valence-corrected chi connectivity index (χ0v) is 21.8. The lowest BCUT2D eigenvalue weighted by atomic mass is 10.1. The number of hydrogen-bond donors (Lipinski definition) is 2. The van der Waals surface area contributed by atoms with E-state index >= 15 is 0 Å². The summed E-state index contributed by atoms with van der Waals surface area (Å²) >= 11 is 0. The van der Waals surface area contributed by atoms with Crippen LogP contribution in [0.4, 0.5) is 13.2 Å². The van der Waals surface area contributed by atoms with E-state index in [4.69, 9.17) is 4.78 Å². The van der Waals surface area contributed by atoms with Crippen molar-refractivity contribution < 1.29 is 18.0 Å². The number of amides is 1. The van der Waals surface area contributed by atoms with Crippen LogP contribution in [0, 0.1) is 11.7 Å². The number of carbonyl (C=O) groups is 1. The van der Waals surface area contributed by atoms with Crippen molar-refractivity contribution in [1.29, 1.82) is 4.78 Å². The van der Waals surface area contributed by atoms with Crippen molar-refractivity contribution >= 4 is 16.6 Å². The van der Waals surface area contributed by atoms with E-state index in [1.807, 2.05) is 31.2 Å². The third-order valence-electron chi connectivity index (χ3n) is 6.17. The first-order valence-electron chi connectivity index (χ1n) is 11.7. The van der Waals surface area contributed by atoms with Crippen LogP contribution in [0.25, 0.3) is 16.9 Å². The second-order valence-corrected chi connectivity index (χ2v) is 10.4. The van der Waals surface area contributed by atoms with Gasteiger partial charge in [0.05, 0.1) is 11.3 Å². The highest BCUT2D eigenvalue weighted by molar-refractivity contribution is 7.86. The van der Waals surface area contributed by atoms with Crippen molar-refractivity contribution in [3.63, 3.8) is 0 Å². The first-order chi connectivity index (χ1) is 18.0. The van der Waals surface area contributed by atoms with E-state index in [2.05, 4.69) is 10.4 Å². The van der Waals surface area contributed by atoms with Crippen LogP contribution in [0.1, 0.15) is 34.1 Å². The Morgan fingerprint density at radius 1 is 1.11 bits per heavy atom. The number of pyridine rings is 1. The van der Waals surface area contributed by atoms with Gasteiger partial charge in [-0.1, -0.05) is 35.8 Å². The highest BCUT2D eigenvalue weighted by Crippen LogP contribution is 2.31. The molecule has 0 saturated carbocycles. The second-order valence-electron chi connectivity index (χ2n) is 8.59. The topological polar surface area (TPSA) is 92.8 Å². The molecule has 2 heterocycles. The molecule has 1 unspecified atom stereocenters. The first-order valence-corrected chi connectivity index (χ1v) is 13.1. The van der Waals surface area contributed by atoms with Gasteiger partial charge in [0, 0.05) is 47.4 Å². The van der Waals surface area contributed by atoms with Crippen molar-refractivity contribution in [3.8, 4) is 16.9 Å². The highest BCUT2D eigenvalue weighted by Gasteiger charge is 2.31. The van der Waals surface area contributed by atoms with Crippen molar-refractivity contribution in [2.45, 2.75) is 31.5 Å². The van der Waals surface area contributed by atoms with Gasteiger partial charge in [-0.2, -0.15) is 18.3 Å². The fourth-order valence-corrected chi connectivity index (χ4v) is 4.91. The van der Waals surface area contributed by atoms with Gasteiger partial charge in [0.15, 0.2) is 0 Å². The molecule has 11 heteroatoms. The van der Waals surface area contributed by atoms with Gasteiger partial charge in [-0.15, -0.1) is 0 Å². The van der Waals surface area contributed by atoms with Crippen LogP contribution in [-0.4, -0.2) is 26.0 Å². The van der Waals surface area contributed by atoms with E-state index in [1.165, 1.54) is 18.2 Å². The molecule has 2 N–H and O–H groups in total. The fourth-order valence-electron chi connectivity index (χ4n) is 4.11. The van der Waals surface area contributed by atoms with Crippen LogP contribution in [0.2, 0.25) is 0 Å². The van der Waals surface area contributed by atoms with Gasteiger partial charge in [0.1, 0.15) is 5.56 Å². The lowest BCUT2D eigenvalue weighted by molar-refractivity contribution is -0.137. The van der Waals surface area contributed by atoms with Crippen LogP contribution in [0.5, 0.6) is 0 Å². The van der Waals surface area contributed by atoms with Gasteiger partial charge in [-0.25, -0.2) is 0 Å². The first kappa shape index (κ1) is 27.1. The highest BCUT2D eigenvalue weighted by atomic mass is 32.2. The molecule has 2 aromatic heterocycles. The lowest BCUT2D eigenvalue weighted by Crippen LogP contribution is -2.33. The van der Waals surface area contributed by atoms with Crippen molar-refractivity contribution in [1.82, 2.24) is 19.7 Å². The Bertz CT molecular complexity index is 1570. The molecule has 0 saturated heterocycles. The van der Waals surface area contributed by atoms with Crippen LogP contribution >= 0.6 is 0 Å². The summed E-state index contributed by atoms with van der Waals surface area (Å²) in [6.07, 6.45) is -3.04. The molecule has 0 radical (unpaired) electrons. The molecule has 0 bridgehead atoms. The van der Waals surface area contributed by atoms with Gasteiger partial charge in [0.25, 0.3) is 11.5 Å². The predicted molar refractivity (Wildman–Crippen MR) is 140 cm³/mol. The zero-order chi connectivity index (χ0) is 27.6. The molecule has 2 aromatic carbocycles. The maximum Gasteiger partial charge on any atom is 0.416 e. The Labute approximate surface area is 219 Å². The summed E-state index contributed by atoms with van der Waals surface area (Å²) in [7, 11) is 1.09. The van der Waals surface area contributed by atoms with Crippen molar-refractivity contribution in [3.05, 3.63) is 99.6 Å². The minimum Gasteiger partial charge on any atom is -0.348 e. The number of aromatic nitrogens is 3. The molecule has 198 valence electrons. The van der Waals surface area contributed by atoms with Crippen LogP contribution in [0.3, 0.4) is 0 Å². The molecule has 7 nitrogen and oxygen atoms in total. The van der Waals surface area contributed by atoms with E-state index in [1.54, 1.807) is 30.9 Å². The molecule has 1 atom stereocenters. The standard InChI is InChI=1S/C27H26F3N5O2S/c1-4-38(31)21-10-8-18(9-11-21)16-32-25(36)23-15-22(24-12-13-33-34(24)3)17(2)35(26(23)37)20-7-5-6-19(14-20)27(28,29)30/h5-15,31H,4,16H2,1-3H3,(H,32,36). The van der Waals surface area contributed by atoms with Gasteiger partial charge in [-0.3, -0.25) is 23.6 Å². The largest absolute Gasteiger partial charge is 0.416 e. The molecule has 0 spiro atoms. The SMILES string of the molecule is CCS(=N)c1ccc(CNC(=O)c2cc(-c3ccnn3C)c(C)n(-c3cccc(C(F)(F)F)c3)c2=O)cc1. The van der Waals surface area contributed by atoms with Crippen molar-refractivity contribution in [2.24, 2.45) is 7.05 Å². The van der Waals surface area contributed by atoms with Crippen LogP contribution < -0.4 is 10.9 Å². The second kappa shape index (κ2) is 10.8. The van der Waals surface area contributed by atoms with Crippen LogP contribution in [0.15, 0.2) is 76.6 Å². The summed E-state index contributed by atoms with van der Waals surface area (Å²) in [5.41, 5.74) is 0.381. The Morgan fingerprint density at radius 2 is 1.82 bits per heavy atom. The maximum absolute atomic E-state index is 13.5. The molecular formula is C27H26F3N5O2S. The summed E-state index contributed by atoms with van der Waals surface area (Å²) in [5, 5.41) is 6.89. The Kier molecular flexibility index (Phi) is 7.68. The normalized spacial score (nSPS) is 12.4. The number of nitrogens with zero attached hydrogens (tertiary/aromatic N) is 3. The molecular weight excluding hydrogens is 515 g/mol. The number of halogens is 3. The molecule has 0 aliphatic carbocycles. The Hall–Kier alpha value is -3.99. The average molecular weight is 542 g/mol. The summed E-state index contributed by atoms with van der Waals surface area (Å²) in [6, 6.07) is 14.9. The van der Waals surface area contributed by atoms with E-state index < -0.39 is 33.9 Å². The van der Waals surface area contributed by atoms with E-state index in [0.717, 1.165) is 27.2 Å². The Morgan fingerprint density at radius 3 is 2.42 bits per heavy atom. The molecule has 0 aliphatic heterocycles. The quantitative estimate of drug-likeness (QED) is 0.335. The van der Waals surface area contributed by atoms with E-state index in [9.17, 15) is 22.8 Å². The minimum atomic E-state index is -4.60. The summed E-state index contributed by atoms with van der Waals surface area (Å²) in [5.74, 6) is 0.0535. The zero-order valence-electron chi connectivity index (χ0n) is 21.0. The minimum absolute atomic E-state index is 0.00214. The molecule has 1 amide bonds. The molecule has 38 heavy (non-hydrogen) atoms. The summed E-state index contributed by atoms with van der Waals surface area (Å²) < 4.78 is 51.0. The molecule has 4 aromatic rings. The number of carbonyl (C=O) groups excluding carboxylic acids is 1. The monoisotopic (exact) mass is 541 g/mol. The number of aryl methyl sites for hydroxylation is 1. The third-order valence-corrected chi connectivity index (χ3v) is 7.59. The van der Waals surface area contributed by atoms with E-state index in [-0.39, 0.29) is 17.8 Å². The van der Waals surface area contributed by atoms with E-state index in [0.29, 0.717) is 22.7 Å². The summed E-state index contributed by atoms with van der Waals surface area (Å²) in [4.78, 5) is 27.7. The fraction of sp³-hybridized carbons (Fsp3) is 0.222. The van der Waals surface area contributed by atoms with Gasteiger partial charge in [0.2, 0.25) is 0 Å². The molecule has 4 rings (SSSR count). The predicted octanol–water partition coefficient (Wildman–Crippen LogP) is 5.25. The number of rotatable bonds is 7. The van der Waals surface area contributed by atoms with Gasteiger partial charge < -0.3 is 5.32 Å². The number of benzene rings is 2. The molecule has 0 fully saturated rings. The van der Waals surface area contributed by atoms with Gasteiger partial charge in [-0.05, 0) is 55.0 Å². The maximum atomic E-state index is 13.5. The lowest BCUT2D eigenvalue weighted by Gasteiger charge is -2.18. The number of nitrogens with one attached hydrogen (secondary N) is 2. The summed E-state index contributed by atoms with van der Waals surface area (Å²) in [6.45, 7) is 3.69. The number of hydrogen-bond acceptors (Lipinski definition) is 4. The number of alkyl halides is 3. The third kappa shape index (κ3) is 5.47. The average Bonchev–Trinajstić information content (AvgIpc) is 3.32. The molecule has 0 aliphatic rings.